The molecule has 1 aliphatic rings. The van der Waals surface area contributed by atoms with Gasteiger partial charge in [0.2, 0.25) is 6.79 Å². The molecule has 6 nitrogen and oxygen atoms in total. The molecule has 120 valence electrons. The number of carbonyl (C=O) groups excluding carboxylic acids is 1. The van der Waals surface area contributed by atoms with Crippen LogP contribution in [0.1, 0.15) is 11.7 Å². The lowest BCUT2D eigenvalue weighted by Crippen LogP contribution is -2.32. The third-order valence-electron chi connectivity index (χ3n) is 3.34. The van der Waals surface area contributed by atoms with Gasteiger partial charge in [0, 0.05) is 23.3 Å². The summed E-state index contributed by atoms with van der Waals surface area (Å²) in [6.07, 6.45) is -0.810. The monoisotopic (exact) mass is 334 g/mol. The number of fused-ring (bicyclic) bond motifs is 1. The summed E-state index contributed by atoms with van der Waals surface area (Å²) in [6, 6.07) is 11.5. The molecule has 0 saturated heterocycles. The van der Waals surface area contributed by atoms with Crippen molar-refractivity contribution in [3.8, 4) is 11.5 Å². The largest absolute Gasteiger partial charge is 0.454 e. The van der Waals surface area contributed by atoms with Gasteiger partial charge in [-0.2, -0.15) is 0 Å². The molecule has 0 radical (unpaired) electrons. The first-order chi connectivity index (χ1) is 11.1. The van der Waals surface area contributed by atoms with Crippen LogP contribution in [0.15, 0.2) is 42.5 Å². The first kappa shape index (κ1) is 15.5. The molecular formula is C16H15ClN2O4. The van der Waals surface area contributed by atoms with Crippen LogP contribution in [0.2, 0.25) is 5.02 Å². The maximum atomic E-state index is 11.9. The third kappa shape index (κ3) is 3.85. The first-order valence-electron chi connectivity index (χ1n) is 7.00. The lowest BCUT2D eigenvalue weighted by molar-refractivity contribution is 0.174. The standard InChI is InChI=1S/C16H15ClN2O4/c17-11-3-1-10(2-4-11)13(20)8-18-16(21)19-12-5-6-14-15(7-12)23-9-22-14/h1-7,13,20H,8-9H2,(H2,18,19,21)/t13-/m0/s1. The second kappa shape index (κ2) is 6.76. The molecule has 0 aliphatic carbocycles. The molecule has 1 heterocycles. The highest BCUT2D eigenvalue weighted by Gasteiger charge is 2.14. The molecule has 3 rings (SSSR count). The number of carbonyl (C=O) groups is 1. The lowest BCUT2D eigenvalue weighted by Gasteiger charge is -2.13. The molecule has 0 aromatic heterocycles. The number of urea groups is 1. The Kier molecular flexibility index (Phi) is 4.55. The Labute approximate surface area is 138 Å². The van der Waals surface area contributed by atoms with E-state index in [1.165, 1.54) is 0 Å². The number of hydrogen-bond acceptors (Lipinski definition) is 4. The summed E-state index contributed by atoms with van der Waals surface area (Å²) in [5.41, 5.74) is 1.26. The molecular weight excluding hydrogens is 320 g/mol. The van der Waals surface area contributed by atoms with Crippen molar-refractivity contribution in [3.63, 3.8) is 0 Å². The molecule has 0 saturated carbocycles. The van der Waals surface area contributed by atoms with Crippen LogP contribution >= 0.6 is 11.6 Å². The Bertz CT molecular complexity index is 706. The smallest absolute Gasteiger partial charge is 0.319 e. The quantitative estimate of drug-likeness (QED) is 0.803. The zero-order chi connectivity index (χ0) is 16.2. The van der Waals surface area contributed by atoms with Gasteiger partial charge in [0.25, 0.3) is 0 Å². The van der Waals surface area contributed by atoms with E-state index in [2.05, 4.69) is 10.6 Å². The van der Waals surface area contributed by atoms with Crippen LogP contribution in [0.3, 0.4) is 0 Å². The minimum atomic E-state index is -0.810. The summed E-state index contributed by atoms with van der Waals surface area (Å²) in [5, 5.41) is 15.9. The summed E-state index contributed by atoms with van der Waals surface area (Å²) in [7, 11) is 0. The molecule has 2 aromatic rings. The highest BCUT2D eigenvalue weighted by Crippen LogP contribution is 2.34. The van der Waals surface area contributed by atoms with Crippen LogP contribution in [0, 0.1) is 0 Å². The molecule has 3 N–H and O–H groups in total. The molecule has 2 amide bonds. The molecule has 0 unspecified atom stereocenters. The van der Waals surface area contributed by atoms with E-state index in [-0.39, 0.29) is 13.3 Å². The highest BCUT2D eigenvalue weighted by molar-refractivity contribution is 6.30. The van der Waals surface area contributed by atoms with E-state index in [1.807, 2.05) is 0 Å². The summed E-state index contributed by atoms with van der Waals surface area (Å²) in [4.78, 5) is 11.9. The summed E-state index contributed by atoms with van der Waals surface area (Å²) >= 11 is 5.79. The second-order valence-electron chi connectivity index (χ2n) is 4.97. The molecule has 2 aromatic carbocycles. The molecule has 0 fully saturated rings. The van der Waals surface area contributed by atoms with E-state index < -0.39 is 12.1 Å². The number of anilines is 1. The number of nitrogens with one attached hydrogen (secondary N) is 2. The number of amides is 2. The van der Waals surface area contributed by atoms with E-state index in [4.69, 9.17) is 21.1 Å². The van der Waals surface area contributed by atoms with E-state index in [0.29, 0.717) is 27.8 Å². The van der Waals surface area contributed by atoms with Crippen molar-refractivity contribution in [2.75, 3.05) is 18.7 Å². The van der Waals surface area contributed by atoms with Gasteiger partial charge >= 0.3 is 6.03 Å². The van der Waals surface area contributed by atoms with E-state index in [9.17, 15) is 9.90 Å². The molecule has 7 heteroatoms. The predicted octanol–water partition coefficient (Wildman–Crippen LogP) is 2.92. The topological polar surface area (TPSA) is 79.8 Å². The first-order valence-corrected chi connectivity index (χ1v) is 7.37. The minimum absolute atomic E-state index is 0.0814. The molecule has 23 heavy (non-hydrogen) atoms. The molecule has 0 spiro atoms. The van der Waals surface area contributed by atoms with Crippen molar-refractivity contribution in [2.45, 2.75) is 6.10 Å². The highest BCUT2D eigenvalue weighted by atomic mass is 35.5. The van der Waals surface area contributed by atoms with Gasteiger partial charge in [-0.25, -0.2) is 4.79 Å². The van der Waals surface area contributed by atoms with Gasteiger partial charge in [0.05, 0.1) is 6.10 Å². The van der Waals surface area contributed by atoms with E-state index in [1.54, 1.807) is 42.5 Å². The van der Waals surface area contributed by atoms with Gasteiger partial charge in [0.15, 0.2) is 11.5 Å². The number of aliphatic hydroxyl groups excluding tert-OH is 1. The van der Waals surface area contributed by atoms with E-state index >= 15 is 0 Å². The molecule has 1 atom stereocenters. The van der Waals surface area contributed by atoms with Crippen LogP contribution in [-0.4, -0.2) is 24.5 Å². The van der Waals surface area contributed by atoms with Crippen molar-refractivity contribution in [1.82, 2.24) is 5.32 Å². The van der Waals surface area contributed by atoms with Crippen LogP contribution in [0.5, 0.6) is 11.5 Å². The van der Waals surface area contributed by atoms with E-state index in [0.717, 1.165) is 0 Å². The number of rotatable bonds is 4. The fourth-order valence-electron chi connectivity index (χ4n) is 2.14. The summed E-state index contributed by atoms with van der Waals surface area (Å²) in [5.74, 6) is 1.23. The molecule has 0 bridgehead atoms. The van der Waals surface area contributed by atoms with Crippen molar-refractivity contribution < 1.29 is 19.4 Å². The zero-order valence-corrected chi connectivity index (χ0v) is 12.8. The van der Waals surface area contributed by atoms with Crippen LogP contribution < -0.4 is 20.1 Å². The summed E-state index contributed by atoms with van der Waals surface area (Å²) in [6.45, 7) is 0.260. The van der Waals surface area contributed by atoms with Crippen molar-refractivity contribution >= 4 is 23.3 Å². The van der Waals surface area contributed by atoms with Gasteiger partial charge < -0.3 is 25.2 Å². The maximum absolute atomic E-state index is 11.9. The van der Waals surface area contributed by atoms with Crippen molar-refractivity contribution in [3.05, 3.63) is 53.1 Å². The minimum Gasteiger partial charge on any atom is -0.454 e. The average Bonchev–Trinajstić information content (AvgIpc) is 3.01. The summed E-state index contributed by atoms with van der Waals surface area (Å²) < 4.78 is 10.4. The Morgan fingerprint density at radius 3 is 2.70 bits per heavy atom. The number of benzene rings is 2. The van der Waals surface area contributed by atoms with Crippen LogP contribution in [-0.2, 0) is 0 Å². The van der Waals surface area contributed by atoms with Crippen molar-refractivity contribution in [2.24, 2.45) is 0 Å². The fraction of sp³-hybridized carbons (Fsp3) is 0.188. The number of ether oxygens (including phenoxy) is 2. The number of aliphatic hydroxyl groups is 1. The Morgan fingerprint density at radius 1 is 1.17 bits per heavy atom. The van der Waals surface area contributed by atoms with Crippen LogP contribution in [0.4, 0.5) is 10.5 Å². The lowest BCUT2D eigenvalue weighted by atomic mass is 10.1. The zero-order valence-electron chi connectivity index (χ0n) is 12.1. The van der Waals surface area contributed by atoms with Crippen LogP contribution in [0.25, 0.3) is 0 Å². The van der Waals surface area contributed by atoms with Crippen molar-refractivity contribution in [1.29, 1.82) is 0 Å². The van der Waals surface area contributed by atoms with Gasteiger partial charge in [0.1, 0.15) is 0 Å². The number of halogens is 1. The SMILES string of the molecule is O=C(NC[C@H](O)c1ccc(Cl)cc1)Nc1ccc2c(c1)OCO2. The normalized spacial score (nSPS) is 13.5. The Morgan fingerprint density at radius 2 is 1.91 bits per heavy atom. The third-order valence-corrected chi connectivity index (χ3v) is 3.59. The van der Waals surface area contributed by atoms with Gasteiger partial charge in [-0.05, 0) is 29.8 Å². The predicted molar refractivity (Wildman–Crippen MR) is 86.0 cm³/mol. The Hall–Kier alpha value is -2.44. The second-order valence-corrected chi connectivity index (χ2v) is 5.41. The average molecular weight is 335 g/mol. The van der Waals surface area contributed by atoms with Gasteiger partial charge in [-0.3, -0.25) is 0 Å². The Balaban J connectivity index is 1.52. The number of hydrogen-bond donors (Lipinski definition) is 3. The fourth-order valence-corrected chi connectivity index (χ4v) is 2.27. The van der Waals surface area contributed by atoms with Gasteiger partial charge in [-0.1, -0.05) is 23.7 Å². The van der Waals surface area contributed by atoms with Gasteiger partial charge in [-0.15, -0.1) is 0 Å². The maximum Gasteiger partial charge on any atom is 0.319 e. The molecule has 1 aliphatic heterocycles.